The summed E-state index contributed by atoms with van der Waals surface area (Å²) in [6.45, 7) is 10.3. The Labute approximate surface area is 92.5 Å². The van der Waals surface area contributed by atoms with Gasteiger partial charge in [0.15, 0.2) is 0 Å². The molecule has 2 unspecified atom stereocenters. The molecule has 1 aliphatic rings. The normalized spacial score (nSPS) is 26.0. The summed E-state index contributed by atoms with van der Waals surface area (Å²) < 4.78 is 0. The fraction of sp³-hybridized carbons (Fsp3) is 0.750. The minimum Gasteiger partial charge on any atom is -0.338 e. The molecule has 0 bridgehead atoms. The predicted molar refractivity (Wildman–Crippen MR) is 62.6 cm³/mol. The number of nitrogens with zero attached hydrogens (tertiary/aromatic N) is 1. The lowest BCUT2D eigenvalue weighted by molar-refractivity contribution is -0.133. The van der Waals surface area contributed by atoms with Crippen molar-refractivity contribution < 1.29 is 4.79 Å². The highest BCUT2D eigenvalue weighted by Gasteiger charge is 2.27. The van der Waals surface area contributed by atoms with Crippen LogP contribution in [0.3, 0.4) is 0 Å². The number of likely N-dealkylation sites (N-methyl/N-ethyl adjacent to an activating group) is 1. The van der Waals surface area contributed by atoms with Gasteiger partial charge in [0.25, 0.3) is 0 Å². The summed E-state index contributed by atoms with van der Waals surface area (Å²) in [4.78, 5) is 13.9. The third kappa shape index (κ3) is 3.34. The lowest BCUT2D eigenvalue weighted by Gasteiger charge is -2.31. The number of hydrogen-bond donors (Lipinski definition) is 1. The van der Waals surface area contributed by atoms with E-state index in [9.17, 15) is 4.79 Å². The van der Waals surface area contributed by atoms with Crippen LogP contribution in [0, 0.1) is 5.92 Å². The van der Waals surface area contributed by atoms with Gasteiger partial charge in [-0.05, 0) is 32.2 Å². The van der Waals surface area contributed by atoms with Crippen molar-refractivity contribution in [2.75, 3.05) is 19.6 Å². The van der Waals surface area contributed by atoms with E-state index in [1.807, 2.05) is 11.8 Å². The van der Waals surface area contributed by atoms with E-state index < -0.39 is 0 Å². The van der Waals surface area contributed by atoms with Crippen LogP contribution in [0.25, 0.3) is 0 Å². The van der Waals surface area contributed by atoms with Crippen molar-refractivity contribution >= 4 is 5.91 Å². The van der Waals surface area contributed by atoms with E-state index in [1.165, 1.54) is 6.42 Å². The second-order valence-corrected chi connectivity index (χ2v) is 4.30. The van der Waals surface area contributed by atoms with Gasteiger partial charge in [-0.3, -0.25) is 4.79 Å². The third-order valence-electron chi connectivity index (χ3n) is 3.01. The van der Waals surface area contributed by atoms with Gasteiger partial charge < -0.3 is 10.2 Å². The SMILES string of the molecule is C=CCN(CC)C(=O)C1CC(C)CCN1. The summed E-state index contributed by atoms with van der Waals surface area (Å²) in [6, 6.07) is 0.0219. The van der Waals surface area contributed by atoms with Crippen LogP contribution < -0.4 is 5.32 Å². The molecule has 1 heterocycles. The van der Waals surface area contributed by atoms with Gasteiger partial charge in [-0.1, -0.05) is 13.0 Å². The number of hydrogen-bond acceptors (Lipinski definition) is 2. The molecule has 1 aliphatic heterocycles. The van der Waals surface area contributed by atoms with E-state index >= 15 is 0 Å². The second kappa shape index (κ2) is 5.91. The Hall–Kier alpha value is -0.830. The van der Waals surface area contributed by atoms with Crippen molar-refractivity contribution in [1.29, 1.82) is 0 Å². The Morgan fingerprint density at radius 2 is 2.40 bits per heavy atom. The molecule has 1 fully saturated rings. The molecule has 1 N–H and O–H groups in total. The molecule has 3 nitrogen and oxygen atoms in total. The lowest BCUT2D eigenvalue weighted by atomic mass is 9.93. The molecular formula is C12H22N2O. The molecule has 1 amide bonds. The van der Waals surface area contributed by atoms with Crippen molar-refractivity contribution in [2.24, 2.45) is 5.92 Å². The highest BCUT2D eigenvalue weighted by molar-refractivity contribution is 5.82. The minimum atomic E-state index is 0.0219. The first kappa shape index (κ1) is 12.2. The molecule has 86 valence electrons. The molecule has 0 radical (unpaired) electrons. The number of amides is 1. The van der Waals surface area contributed by atoms with E-state index in [0.717, 1.165) is 19.5 Å². The van der Waals surface area contributed by atoms with E-state index in [0.29, 0.717) is 12.5 Å². The maximum Gasteiger partial charge on any atom is 0.239 e. The monoisotopic (exact) mass is 210 g/mol. The molecule has 0 aromatic rings. The molecular weight excluding hydrogens is 188 g/mol. The predicted octanol–water partition coefficient (Wildman–Crippen LogP) is 1.41. The summed E-state index contributed by atoms with van der Waals surface area (Å²) in [5, 5.41) is 3.30. The number of carbonyl (C=O) groups excluding carboxylic acids is 1. The molecule has 15 heavy (non-hydrogen) atoms. The first-order valence-electron chi connectivity index (χ1n) is 5.82. The smallest absolute Gasteiger partial charge is 0.239 e. The van der Waals surface area contributed by atoms with Crippen LogP contribution in [0.4, 0.5) is 0 Å². The average molecular weight is 210 g/mol. The Bertz CT molecular complexity index is 228. The maximum atomic E-state index is 12.1. The van der Waals surface area contributed by atoms with Crippen LogP contribution >= 0.6 is 0 Å². The fourth-order valence-corrected chi connectivity index (χ4v) is 2.05. The number of rotatable bonds is 4. The van der Waals surface area contributed by atoms with Crippen molar-refractivity contribution in [3.63, 3.8) is 0 Å². The molecule has 1 rings (SSSR count). The zero-order valence-corrected chi connectivity index (χ0v) is 9.83. The largest absolute Gasteiger partial charge is 0.338 e. The van der Waals surface area contributed by atoms with Crippen molar-refractivity contribution in [3.05, 3.63) is 12.7 Å². The van der Waals surface area contributed by atoms with Crippen molar-refractivity contribution in [3.8, 4) is 0 Å². The Morgan fingerprint density at radius 3 is 2.93 bits per heavy atom. The molecule has 0 aliphatic carbocycles. The van der Waals surface area contributed by atoms with Crippen LogP contribution in [0.2, 0.25) is 0 Å². The minimum absolute atomic E-state index is 0.0219. The van der Waals surface area contributed by atoms with Crippen LogP contribution in [-0.2, 0) is 4.79 Å². The Balaban J connectivity index is 2.53. The number of nitrogens with one attached hydrogen (secondary N) is 1. The summed E-state index contributed by atoms with van der Waals surface area (Å²) in [6.07, 6.45) is 3.93. The maximum absolute atomic E-state index is 12.1. The van der Waals surface area contributed by atoms with E-state index in [1.54, 1.807) is 6.08 Å². The van der Waals surface area contributed by atoms with E-state index in [-0.39, 0.29) is 11.9 Å². The van der Waals surface area contributed by atoms with Gasteiger partial charge in [0, 0.05) is 13.1 Å². The molecule has 1 saturated heterocycles. The molecule has 0 aromatic heterocycles. The number of piperidine rings is 1. The molecule has 3 heteroatoms. The van der Waals surface area contributed by atoms with Gasteiger partial charge in [0.2, 0.25) is 5.91 Å². The lowest BCUT2D eigenvalue weighted by Crippen LogP contribution is -2.50. The van der Waals surface area contributed by atoms with Crippen LogP contribution in [0.15, 0.2) is 12.7 Å². The number of carbonyl (C=O) groups is 1. The van der Waals surface area contributed by atoms with Crippen molar-refractivity contribution in [1.82, 2.24) is 10.2 Å². The standard InChI is InChI=1S/C12H22N2O/c1-4-8-14(5-2)12(15)11-9-10(3)6-7-13-11/h4,10-11,13H,1,5-9H2,2-3H3. The van der Waals surface area contributed by atoms with Gasteiger partial charge in [0.1, 0.15) is 0 Å². The Kier molecular flexibility index (Phi) is 4.82. The van der Waals surface area contributed by atoms with Gasteiger partial charge in [-0.2, -0.15) is 0 Å². The zero-order valence-electron chi connectivity index (χ0n) is 9.83. The Morgan fingerprint density at radius 1 is 1.67 bits per heavy atom. The molecule has 2 atom stereocenters. The van der Waals surface area contributed by atoms with Gasteiger partial charge >= 0.3 is 0 Å². The highest BCUT2D eigenvalue weighted by atomic mass is 16.2. The summed E-state index contributed by atoms with van der Waals surface area (Å²) in [7, 11) is 0. The summed E-state index contributed by atoms with van der Waals surface area (Å²) >= 11 is 0. The molecule has 0 spiro atoms. The molecule has 0 aromatic carbocycles. The third-order valence-corrected chi connectivity index (χ3v) is 3.01. The summed E-state index contributed by atoms with van der Waals surface area (Å²) in [5.74, 6) is 0.881. The second-order valence-electron chi connectivity index (χ2n) is 4.30. The quantitative estimate of drug-likeness (QED) is 0.712. The van der Waals surface area contributed by atoms with Crippen LogP contribution in [-0.4, -0.2) is 36.5 Å². The van der Waals surface area contributed by atoms with Crippen LogP contribution in [0.5, 0.6) is 0 Å². The zero-order chi connectivity index (χ0) is 11.3. The van der Waals surface area contributed by atoms with Gasteiger partial charge in [-0.15, -0.1) is 6.58 Å². The van der Waals surface area contributed by atoms with E-state index in [2.05, 4.69) is 18.8 Å². The fourth-order valence-electron chi connectivity index (χ4n) is 2.05. The topological polar surface area (TPSA) is 32.3 Å². The molecule has 0 saturated carbocycles. The first-order valence-corrected chi connectivity index (χ1v) is 5.82. The van der Waals surface area contributed by atoms with Crippen LogP contribution in [0.1, 0.15) is 26.7 Å². The van der Waals surface area contributed by atoms with Gasteiger partial charge in [0.05, 0.1) is 6.04 Å². The average Bonchev–Trinajstić information content (AvgIpc) is 2.25. The highest BCUT2D eigenvalue weighted by Crippen LogP contribution is 2.16. The van der Waals surface area contributed by atoms with Gasteiger partial charge in [-0.25, -0.2) is 0 Å². The van der Waals surface area contributed by atoms with E-state index in [4.69, 9.17) is 0 Å². The first-order chi connectivity index (χ1) is 7.19. The van der Waals surface area contributed by atoms with Crippen molar-refractivity contribution in [2.45, 2.75) is 32.7 Å². The summed E-state index contributed by atoms with van der Waals surface area (Å²) in [5.41, 5.74) is 0.